The number of hydrogen-bond donors (Lipinski definition) is 3. The molecule has 0 spiro atoms. The van der Waals surface area contributed by atoms with Gasteiger partial charge in [0, 0.05) is 17.4 Å². The summed E-state index contributed by atoms with van der Waals surface area (Å²) in [5.41, 5.74) is 6.16. The smallest absolute Gasteiger partial charge is 0.269 e. The maximum absolute atomic E-state index is 12.5. The second-order valence-electron chi connectivity index (χ2n) is 6.62. The summed E-state index contributed by atoms with van der Waals surface area (Å²) in [4.78, 5) is 37.0. The second-order valence-corrected chi connectivity index (χ2v) is 8.88. The fourth-order valence-corrected chi connectivity index (χ4v) is 3.08. The Morgan fingerprint density at radius 1 is 0.862 bits per heavy atom. The molecule has 0 fully saturated rings. The van der Waals surface area contributed by atoms with Crippen LogP contribution in [-0.4, -0.2) is 44.2 Å². The molecule has 0 unspecified atom stereocenters. The first kappa shape index (κ1) is 22.1. The molecule has 0 aliphatic heterocycles. The third kappa shape index (κ3) is 7.38. The van der Waals surface area contributed by atoms with Crippen LogP contribution in [0, 0.1) is 6.92 Å². The molecule has 2 aromatic carbocycles. The molecule has 0 aliphatic rings. The highest BCUT2D eigenvalue weighted by Gasteiger charge is 2.23. The zero-order valence-electron chi connectivity index (χ0n) is 16.1. The first-order chi connectivity index (χ1) is 13.7. The van der Waals surface area contributed by atoms with Crippen LogP contribution < -0.4 is 16.2 Å². The highest BCUT2D eigenvalue weighted by atomic mass is 32.2. The summed E-state index contributed by atoms with van der Waals surface area (Å²) in [6.07, 6.45) is 0.907. The molecule has 3 amide bonds. The normalized spacial score (nSPS) is 11.9. The van der Waals surface area contributed by atoms with E-state index in [0.29, 0.717) is 11.1 Å². The first-order valence-electron chi connectivity index (χ1n) is 8.86. The summed E-state index contributed by atoms with van der Waals surface area (Å²) in [7, 11) is -3.35. The van der Waals surface area contributed by atoms with Crippen LogP contribution in [-0.2, 0) is 14.6 Å². The largest absolute Gasteiger partial charge is 0.340 e. The predicted octanol–water partition coefficient (Wildman–Crippen LogP) is 0.989. The maximum atomic E-state index is 12.5. The van der Waals surface area contributed by atoms with Crippen LogP contribution in [0.15, 0.2) is 54.6 Å². The third-order valence-corrected chi connectivity index (χ3v) is 5.03. The van der Waals surface area contributed by atoms with Crippen molar-refractivity contribution < 1.29 is 22.8 Å². The van der Waals surface area contributed by atoms with Crippen LogP contribution in [0.25, 0.3) is 0 Å². The lowest BCUT2D eigenvalue weighted by Gasteiger charge is -2.18. The summed E-state index contributed by atoms with van der Waals surface area (Å²) < 4.78 is 23.0. The molecule has 0 bridgehead atoms. The van der Waals surface area contributed by atoms with Crippen molar-refractivity contribution in [1.82, 2.24) is 16.2 Å². The first-order valence-corrected chi connectivity index (χ1v) is 10.9. The lowest BCUT2D eigenvalue weighted by molar-refractivity contribution is -0.123. The number of benzene rings is 2. The van der Waals surface area contributed by atoms with Gasteiger partial charge < -0.3 is 5.32 Å². The molecule has 0 radical (unpaired) electrons. The quantitative estimate of drug-likeness (QED) is 0.580. The SMILES string of the molecule is Cc1ccc(C(=O)NNC(=O)[C@@H](CCS(C)(=O)=O)NC(=O)c2ccccc2)cc1. The molecule has 8 nitrogen and oxygen atoms in total. The van der Waals surface area contributed by atoms with E-state index in [1.165, 1.54) is 0 Å². The summed E-state index contributed by atoms with van der Waals surface area (Å²) in [5.74, 6) is -2.08. The minimum atomic E-state index is -3.35. The minimum absolute atomic E-state index is 0.135. The zero-order chi connectivity index (χ0) is 21.4. The molecule has 2 rings (SSSR count). The highest BCUT2D eigenvalue weighted by molar-refractivity contribution is 7.90. The van der Waals surface area contributed by atoms with Crippen LogP contribution in [0.4, 0.5) is 0 Å². The summed E-state index contributed by atoms with van der Waals surface area (Å²) in [6, 6.07) is 13.8. The van der Waals surface area contributed by atoms with Crippen molar-refractivity contribution in [3.8, 4) is 0 Å². The van der Waals surface area contributed by atoms with Crippen LogP contribution >= 0.6 is 0 Å². The van der Waals surface area contributed by atoms with Gasteiger partial charge in [-0.3, -0.25) is 25.2 Å². The van der Waals surface area contributed by atoms with E-state index >= 15 is 0 Å². The van der Waals surface area contributed by atoms with Crippen LogP contribution in [0.3, 0.4) is 0 Å². The molecule has 1 atom stereocenters. The van der Waals surface area contributed by atoms with Crippen LogP contribution in [0.2, 0.25) is 0 Å². The van der Waals surface area contributed by atoms with E-state index in [0.717, 1.165) is 11.8 Å². The molecule has 154 valence electrons. The molecule has 2 aromatic rings. The number of hydrogen-bond acceptors (Lipinski definition) is 5. The second kappa shape index (κ2) is 9.83. The Morgan fingerprint density at radius 2 is 1.45 bits per heavy atom. The fourth-order valence-electron chi connectivity index (χ4n) is 2.41. The number of sulfone groups is 1. The van der Waals surface area contributed by atoms with Crippen molar-refractivity contribution in [3.63, 3.8) is 0 Å². The lowest BCUT2D eigenvalue weighted by Crippen LogP contribution is -2.52. The summed E-state index contributed by atoms with van der Waals surface area (Å²) >= 11 is 0. The number of nitrogens with one attached hydrogen (secondary N) is 3. The van der Waals surface area contributed by atoms with E-state index in [2.05, 4.69) is 16.2 Å². The van der Waals surface area contributed by atoms with Gasteiger partial charge in [0.2, 0.25) is 0 Å². The number of amides is 3. The van der Waals surface area contributed by atoms with Crippen molar-refractivity contribution >= 4 is 27.6 Å². The Bertz CT molecular complexity index is 973. The molecular formula is C20H23N3O5S. The van der Waals surface area contributed by atoms with Gasteiger partial charge in [-0.15, -0.1) is 0 Å². The summed E-state index contributed by atoms with van der Waals surface area (Å²) in [6.45, 7) is 1.88. The maximum Gasteiger partial charge on any atom is 0.269 e. The average molecular weight is 417 g/mol. The third-order valence-electron chi connectivity index (χ3n) is 4.05. The minimum Gasteiger partial charge on any atom is -0.340 e. The Labute approximate surface area is 169 Å². The molecule has 0 heterocycles. The van der Waals surface area contributed by atoms with E-state index in [9.17, 15) is 22.8 Å². The van der Waals surface area contributed by atoms with Crippen molar-refractivity contribution in [2.75, 3.05) is 12.0 Å². The fraction of sp³-hybridized carbons (Fsp3) is 0.250. The van der Waals surface area contributed by atoms with Gasteiger partial charge in [-0.25, -0.2) is 8.42 Å². The van der Waals surface area contributed by atoms with Gasteiger partial charge in [-0.1, -0.05) is 35.9 Å². The van der Waals surface area contributed by atoms with E-state index < -0.39 is 33.6 Å². The Morgan fingerprint density at radius 3 is 2.03 bits per heavy atom. The molecule has 0 aliphatic carbocycles. The van der Waals surface area contributed by atoms with Crippen molar-refractivity contribution in [2.45, 2.75) is 19.4 Å². The molecule has 0 saturated carbocycles. The number of aryl methyl sites for hydroxylation is 1. The van der Waals surface area contributed by atoms with Gasteiger partial charge in [0.05, 0.1) is 5.75 Å². The van der Waals surface area contributed by atoms with Gasteiger partial charge in [0.15, 0.2) is 0 Å². The Hall–Kier alpha value is -3.20. The molecular weight excluding hydrogens is 394 g/mol. The Kier molecular flexibility index (Phi) is 7.49. The van der Waals surface area contributed by atoms with E-state index in [4.69, 9.17) is 0 Å². The molecule has 29 heavy (non-hydrogen) atoms. The van der Waals surface area contributed by atoms with E-state index in [-0.39, 0.29) is 12.2 Å². The number of hydrazine groups is 1. The van der Waals surface area contributed by atoms with Crippen molar-refractivity contribution in [1.29, 1.82) is 0 Å². The van der Waals surface area contributed by atoms with E-state index in [1.807, 2.05) is 6.92 Å². The lowest BCUT2D eigenvalue weighted by atomic mass is 10.1. The van der Waals surface area contributed by atoms with Crippen LogP contribution in [0.5, 0.6) is 0 Å². The van der Waals surface area contributed by atoms with Crippen molar-refractivity contribution in [3.05, 3.63) is 71.3 Å². The molecule has 0 aromatic heterocycles. The summed E-state index contributed by atoms with van der Waals surface area (Å²) in [5, 5.41) is 2.51. The van der Waals surface area contributed by atoms with Gasteiger partial charge in [-0.05, 0) is 37.6 Å². The van der Waals surface area contributed by atoms with Gasteiger partial charge >= 0.3 is 0 Å². The number of carbonyl (C=O) groups excluding carboxylic acids is 3. The van der Waals surface area contributed by atoms with Gasteiger partial charge in [0.25, 0.3) is 17.7 Å². The van der Waals surface area contributed by atoms with Crippen LogP contribution in [0.1, 0.15) is 32.7 Å². The number of rotatable bonds is 7. The van der Waals surface area contributed by atoms with E-state index in [1.54, 1.807) is 54.6 Å². The molecule has 0 saturated heterocycles. The Balaban J connectivity index is 2.04. The average Bonchev–Trinajstić information content (AvgIpc) is 2.69. The number of carbonyl (C=O) groups is 3. The van der Waals surface area contributed by atoms with Gasteiger partial charge in [0.1, 0.15) is 15.9 Å². The topological polar surface area (TPSA) is 121 Å². The molecule has 9 heteroatoms. The predicted molar refractivity (Wildman–Crippen MR) is 109 cm³/mol. The molecule has 3 N–H and O–H groups in total. The standard InChI is InChI=1S/C20H23N3O5S/c1-14-8-10-16(11-9-14)19(25)22-23-20(26)17(12-13-29(2,27)28)21-18(24)15-6-4-3-5-7-15/h3-11,17H,12-13H2,1-2H3,(H,21,24)(H,22,25)(H,23,26)/t17-/m1/s1. The monoisotopic (exact) mass is 417 g/mol. The highest BCUT2D eigenvalue weighted by Crippen LogP contribution is 2.04. The van der Waals surface area contributed by atoms with Crippen molar-refractivity contribution in [2.24, 2.45) is 0 Å². The van der Waals surface area contributed by atoms with Gasteiger partial charge in [-0.2, -0.15) is 0 Å². The zero-order valence-corrected chi connectivity index (χ0v) is 17.0.